The van der Waals surface area contributed by atoms with Gasteiger partial charge in [-0.1, -0.05) is 0 Å². The van der Waals surface area contributed by atoms with Crippen LogP contribution in [0.4, 0.5) is 0 Å². The van der Waals surface area contributed by atoms with E-state index in [-0.39, 0.29) is 4.91 Å². The summed E-state index contributed by atoms with van der Waals surface area (Å²) in [6.45, 7) is 1.09. The van der Waals surface area contributed by atoms with Crippen molar-refractivity contribution in [2.24, 2.45) is 0 Å². The molecule has 0 saturated heterocycles. The Labute approximate surface area is 147 Å². The van der Waals surface area contributed by atoms with E-state index in [4.69, 9.17) is 13.6 Å². The lowest BCUT2D eigenvalue weighted by Gasteiger charge is -2.40. The van der Waals surface area contributed by atoms with Crippen LogP contribution in [0.25, 0.3) is 0 Å². The molecule has 3 rings (SSSR count). The van der Waals surface area contributed by atoms with Gasteiger partial charge in [-0.05, 0) is 31.2 Å². The minimum atomic E-state index is -1.56. The molecule has 2 unspecified atom stereocenters. The van der Waals surface area contributed by atoms with Crippen molar-refractivity contribution < 1.29 is 28.6 Å². The largest absolute Gasteiger partial charge is 0.501 e. The highest BCUT2D eigenvalue weighted by Crippen LogP contribution is 2.53. The van der Waals surface area contributed by atoms with E-state index in [1.807, 2.05) is 0 Å². The number of hydrogen-bond acceptors (Lipinski definition) is 8. The summed E-state index contributed by atoms with van der Waals surface area (Å²) in [4.78, 5) is 12.2. The van der Waals surface area contributed by atoms with Gasteiger partial charge in [0.15, 0.2) is 5.60 Å². The van der Waals surface area contributed by atoms with Gasteiger partial charge < -0.3 is 23.8 Å². The Hall–Kier alpha value is -1.77. The molecule has 2 aromatic rings. The molecule has 128 valence electrons. The quantitative estimate of drug-likeness (QED) is 0.533. The Morgan fingerprint density at radius 1 is 1.29 bits per heavy atom. The zero-order valence-corrected chi connectivity index (χ0v) is 14.5. The molecule has 0 amide bonds. The van der Waals surface area contributed by atoms with Gasteiger partial charge in [0, 0.05) is 0 Å². The van der Waals surface area contributed by atoms with Gasteiger partial charge in [-0.25, -0.2) is 4.79 Å². The molecular formula is C16H16O6S2. The van der Waals surface area contributed by atoms with Crippen LogP contribution in [0.3, 0.4) is 0 Å². The summed E-state index contributed by atoms with van der Waals surface area (Å²) >= 11 is 5.75. The Kier molecular flexibility index (Phi) is 4.46. The average molecular weight is 368 g/mol. The number of aliphatic hydroxyl groups is 2. The van der Waals surface area contributed by atoms with Crippen molar-refractivity contribution in [3.63, 3.8) is 0 Å². The molecule has 0 fully saturated rings. The number of thioether (sulfide) groups is 1. The maximum Gasteiger partial charge on any atom is 0.375 e. The number of aliphatic hydroxyl groups excluding tert-OH is 2. The van der Waals surface area contributed by atoms with E-state index in [2.05, 4.69) is 12.6 Å². The monoisotopic (exact) mass is 368 g/mol. The third-order valence-electron chi connectivity index (χ3n) is 3.99. The van der Waals surface area contributed by atoms with Crippen molar-refractivity contribution in [2.75, 3.05) is 6.61 Å². The fourth-order valence-corrected chi connectivity index (χ4v) is 4.24. The van der Waals surface area contributed by atoms with Gasteiger partial charge in [0.05, 0.1) is 29.8 Å². The van der Waals surface area contributed by atoms with Crippen LogP contribution in [-0.2, 0) is 20.0 Å². The van der Waals surface area contributed by atoms with E-state index in [9.17, 15) is 15.0 Å². The van der Waals surface area contributed by atoms with Gasteiger partial charge in [0.1, 0.15) is 16.3 Å². The molecule has 8 heteroatoms. The molecule has 2 atom stereocenters. The summed E-state index contributed by atoms with van der Waals surface area (Å²) in [6.07, 6.45) is 3.00. The first-order chi connectivity index (χ1) is 11.4. The second kappa shape index (κ2) is 6.27. The SMILES string of the molecule is CC(S)(c1ccco1)C1(CO)OC(=O)C(O)=C1SCc1ccco1. The number of esters is 1. The standard InChI is InChI=1S/C16H16O6S2/c1-15(23,11-5-3-7-21-11)16(9-17)13(12(18)14(19)22-16)24-8-10-4-2-6-20-10/h2-7,17-18,23H,8-9H2,1H3. The lowest BCUT2D eigenvalue weighted by atomic mass is 9.86. The number of carbonyl (C=O) groups is 1. The van der Waals surface area contributed by atoms with Crippen molar-refractivity contribution >= 4 is 30.4 Å². The predicted octanol–water partition coefficient (Wildman–Crippen LogP) is 3.01. The number of furan rings is 2. The number of cyclic esters (lactones) is 1. The highest BCUT2D eigenvalue weighted by molar-refractivity contribution is 8.02. The highest BCUT2D eigenvalue weighted by atomic mass is 32.2. The molecule has 2 aromatic heterocycles. The van der Waals surface area contributed by atoms with Crippen molar-refractivity contribution in [1.82, 2.24) is 0 Å². The summed E-state index contributed by atoms with van der Waals surface area (Å²) in [6, 6.07) is 6.86. The molecule has 24 heavy (non-hydrogen) atoms. The van der Waals surface area contributed by atoms with Crippen LogP contribution in [0.15, 0.2) is 56.3 Å². The molecule has 0 radical (unpaired) electrons. The lowest BCUT2D eigenvalue weighted by Crippen LogP contribution is -2.51. The van der Waals surface area contributed by atoms with Gasteiger partial charge in [0.2, 0.25) is 5.76 Å². The Bertz CT molecular complexity index is 748. The second-order valence-corrected chi connectivity index (χ2v) is 7.35. The van der Waals surface area contributed by atoms with Crippen molar-refractivity contribution in [3.05, 3.63) is 59.0 Å². The summed E-state index contributed by atoms with van der Waals surface area (Å²) in [5, 5.41) is 20.3. The molecule has 0 spiro atoms. The summed E-state index contributed by atoms with van der Waals surface area (Å²) < 4.78 is 14.8. The highest BCUT2D eigenvalue weighted by Gasteiger charge is 2.60. The molecule has 1 aliphatic heterocycles. The Balaban J connectivity index is 2.00. The topological polar surface area (TPSA) is 93.0 Å². The van der Waals surface area contributed by atoms with E-state index >= 15 is 0 Å². The van der Waals surface area contributed by atoms with E-state index in [0.29, 0.717) is 17.3 Å². The van der Waals surface area contributed by atoms with Crippen LogP contribution in [0.2, 0.25) is 0 Å². The number of thiol groups is 1. The Morgan fingerprint density at radius 3 is 2.58 bits per heavy atom. The van der Waals surface area contributed by atoms with Gasteiger partial charge in [-0.15, -0.1) is 11.8 Å². The first-order valence-electron chi connectivity index (χ1n) is 7.12. The van der Waals surface area contributed by atoms with Gasteiger partial charge in [-0.2, -0.15) is 12.6 Å². The maximum absolute atomic E-state index is 12.0. The number of hydrogen-bond donors (Lipinski definition) is 3. The van der Waals surface area contributed by atoms with Gasteiger partial charge in [-0.3, -0.25) is 0 Å². The first-order valence-corrected chi connectivity index (χ1v) is 8.55. The molecule has 0 aromatic carbocycles. The normalized spacial score (nSPS) is 23.4. The second-order valence-electron chi connectivity index (χ2n) is 5.47. The van der Waals surface area contributed by atoms with E-state index in [1.54, 1.807) is 31.2 Å². The molecular weight excluding hydrogens is 352 g/mol. The molecule has 0 aliphatic carbocycles. The van der Waals surface area contributed by atoms with E-state index in [1.165, 1.54) is 12.5 Å². The maximum atomic E-state index is 12.0. The fraction of sp³-hybridized carbons (Fsp3) is 0.312. The minimum Gasteiger partial charge on any atom is -0.501 e. The molecule has 1 aliphatic rings. The number of ether oxygens (including phenoxy) is 1. The van der Waals surface area contributed by atoms with Crippen LogP contribution in [0.1, 0.15) is 18.4 Å². The van der Waals surface area contributed by atoms with Crippen LogP contribution in [0.5, 0.6) is 0 Å². The molecule has 0 bridgehead atoms. The Morgan fingerprint density at radius 2 is 2.00 bits per heavy atom. The smallest absolute Gasteiger partial charge is 0.375 e. The minimum absolute atomic E-state index is 0.195. The van der Waals surface area contributed by atoms with Gasteiger partial charge in [0.25, 0.3) is 0 Å². The first kappa shape index (κ1) is 17.1. The molecule has 2 N–H and O–H groups in total. The summed E-state index contributed by atoms with van der Waals surface area (Å²) in [5.74, 6) is -0.0265. The van der Waals surface area contributed by atoms with Crippen LogP contribution < -0.4 is 0 Å². The molecule has 3 heterocycles. The van der Waals surface area contributed by atoms with E-state index < -0.39 is 28.7 Å². The summed E-state index contributed by atoms with van der Waals surface area (Å²) in [5.41, 5.74) is -1.56. The number of carbonyl (C=O) groups excluding carboxylic acids is 1. The van der Waals surface area contributed by atoms with Crippen molar-refractivity contribution in [1.29, 1.82) is 0 Å². The van der Waals surface area contributed by atoms with Gasteiger partial charge >= 0.3 is 5.97 Å². The van der Waals surface area contributed by atoms with Crippen LogP contribution in [-0.4, -0.2) is 28.4 Å². The van der Waals surface area contributed by atoms with Crippen molar-refractivity contribution in [3.8, 4) is 0 Å². The fourth-order valence-electron chi connectivity index (χ4n) is 2.59. The third kappa shape index (κ3) is 2.54. The zero-order valence-electron chi connectivity index (χ0n) is 12.8. The predicted molar refractivity (Wildman–Crippen MR) is 90.6 cm³/mol. The van der Waals surface area contributed by atoms with Crippen LogP contribution >= 0.6 is 24.4 Å². The molecule has 0 saturated carbocycles. The summed E-state index contributed by atoms with van der Waals surface area (Å²) in [7, 11) is 0. The van der Waals surface area contributed by atoms with Crippen LogP contribution in [0, 0.1) is 0 Å². The number of rotatable bonds is 6. The molecule has 6 nitrogen and oxygen atoms in total. The van der Waals surface area contributed by atoms with E-state index in [0.717, 1.165) is 11.8 Å². The lowest BCUT2D eigenvalue weighted by molar-refractivity contribution is -0.155. The third-order valence-corrected chi connectivity index (χ3v) is 5.81. The van der Waals surface area contributed by atoms with Crippen molar-refractivity contribution in [2.45, 2.75) is 23.0 Å². The average Bonchev–Trinajstić information content (AvgIpc) is 3.28. The zero-order chi connectivity index (χ0) is 17.4.